The molecule has 4 nitrogen and oxygen atoms in total. The van der Waals surface area contributed by atoms with E-state index in [1.807, 2.05) is 43.9 Å². The SMILES string of the molecule is CCOC1CC(N)(C(=O)N2CCc3ccccc32)C1(C)C.Cl. The lowest BCUT2D eigenvalue weighted by Crippen LogP contribution is -2.76. The number of fused-ring (bicyclic) bond motifs is 1. The Morgan fingerprint density at radius 1 is 1.41 bits per heavy atom. The van der Waals surface area contributed by atoms with Crippen LogP contribution in [0.2, 0.25) is 0 Å². The molecule has 122 valence electrons. The van der Waals surface area contributed by atoms with E-state index in [0.717, 1.165) is 18.7 Å². The predicted octanol–water partition coefficient (Wildman–Crippen LogP) is 2.53. The van der Waals surface area contributed by atoms with E-state index >= 15 is 0 Å². The minimum atomic E-state index is -0.829. The number of hydrogen-bond acceptors (Lipinski definition) is 3. The van der Waals surface area contributed by atoms with Crippen LogP contribution in [0.3, 0.4) is 0 Å². The second kappa shape index (κ2) is 5.84. The summed E-state index contributed by atoms with van der Waals surface area (Å²) in [5.74, 6) is 0.0356. The summed E-state index contributed by atoms with van der Waals surface area (Å²) < 4.78 is 5.72. The van der Waals surface area contributed by atoms with Crippen LogP contribution in [0, 0.1) is 5.41 Å². The van der Waals surface area contributed by atoms with Crippen molar-refractivity contribution in [3.05, 3.63) is 29.8 Å². The summed E-state index contributed by atoms with van der Waals surface area (Å²) in [6.07, 6.45) is 1.58. The van der Waals surface area contributed by atoms with E-state index in [4.69, 9.17) is 10.5 Å². The fourth-order valence-electron chi connectivity index (χ4n) is 3.59. The Morgan fingerprint density at radius 3 is 2.73 bits per heavy atom. The van der Waals surface area contributed by atoms with Crippen LogP contribution in [-0.4, -0.2) is 30.7 Å². The number of anilines is 1. The molecule has 1 saturated carbocycles. The van der Waals surface area contributed by atoms with E-state index in [9.17, 15) is 4.79 Å². The average Bonchev–Trinajstić information content (AvgIpc) is 2.90. The number of carbonyl (C=O) groups excluding carboxylic acids is 1. The smallest absolute Gasteiger partial charge is 0.247 e. The minimum absolute atomic E-state index is 0. The van der Waals surface area contributed by atoms with E-state index in [1.54, 1.807) is 0 Å². The fraction of sp³-hybridized carbons (Fsp3) is 0.588. The molecule has 2 N–H and O–H groups in total. The number of halogens is 1. The summed E-state index contributed by atoms with van der Waals surface area (Å²) in [6, 6.07) is 8.09. The number of carbonyl (C=O) groups is 1. The molecular formula is C17H25ClN2O2. The zero-order valence-corrected chi connectivity index (χ0v) is 14.3. The molecule has 0 saturated heterocycles. The summed E-state index contributed by atoms with van der Waals surface area (Å²) in [6.45, 7) is 7.44. The molecule has 1 aromatic carbocycles. The highest BCUT2D eigenvalue weighted by Gasteiger charge is 2.64. The van der Waals surface area contributed by atoms with Crippen molar-refractivity contribution in [2.75, 3.05) is 18.1 Å². The highest BCUT2D eigenvalue weighted by molar-refractivity contribution is 6.03. The fourth-order valence-corrected chi connectivity index (χ4v) is 3.59. The van der Waals surface area contributed by atoms with Gasteiger partial charge in [-0.25, -0.2) is 0 Å². The topological polar surface area (TPSA) is 55.6 Å². The van der Waals surface area contributed by atoms with Gasteiger partial charge in [0.2, 0.25) is 5.91 Å². The van der Waals surface area contributed by atoms with Crippen LogP contribution in [0.25, 0.3) is 0 Å². The monoisotopic (exact) mass is 324 g/mol. The summed E-state index contributed by atoms with van der Waals surface area (Å²) in [4.78, 5) is 14.9. The summed E-state index contributed by atoms with van der Waals surface area (Å²) in [5.41, 5.74) is 7.59. The van der Waals surface area contributed by atoms with Crippen LogP contribution in [0.4, 0.5) is 5.69 Å². The number of para-hydroxylation sites is 1. The molecule has 0 bridgehead atoms. The van der Waals surface area contributed by atoms with E-state index in [2.05, 4.69) is 6.07 Å². The maximum Gasteiger partial charge on any atom is 0.247 e. The number of ether oxygens (including phenoxy) is 1. The molecule has 3 rings (SSSR count). The maximum absolute atomic E-state index is 13.0. The first-order valence-electron chi connectivity index (χ1n) is 7.72. The van der Waals surface area contributed by atoms with Crippen molar-refractivity contribution < 1.29 is 9.53 Å². The third kappa shape index (κ3) is 2.25. The molecule has 5 heteroatoms. The second-order valence-electron chi connectivity index (χ2n) is 6.68. The predicted molar refractivity (Wildman–Crippen MR) is 90.5 cm³/mol. The van der Waals surface area contributed by atoms with Crippen molar-refractivity contribution in [1.82, 2.24) is 0 Å². The van der Waals surface area contributed by atoms with Crippen molar-refractivity contribution in [2.45, 2.75) is 45.3 Å². The van der Waals surface area contributed by atoms with Gasteiger partial charge in [-0.1, -0.05) is 32.0 Å². The molecule has 0 radical (unpaired) electrons. The highest BCUT2D eigenvalue weighted by atomic mass is 35.5. The second-order valence-corrected chi connectivity index (χ2v) is 6.68. The Bertz CT molecular complexity index is 576. The lowest BCUT2D eigenvalue weighted by atomic mass is 9.54. The largest absolute Gasteiger partial charge is 0.378 e. The van der Waals surface area contributed by atoms with Gasteiger partial charge in [0.15, 0.2) is 0 Å². The summed E-state index contributed by atoms with van der Waals surface area (Å²) in [7, 11) is 0. The van der Waals surface area contributed by atoms with Crippen molar-refractivity contribution in [3.63, 3.8) is 0 Å². The van der Waals surface area contributed by atoms with Gasteiger partial charge in [0.1, 0.15) is 5.54 Å². The number of hydrogen-bond donors (Lipinski definition) is 1. The van der Waals surface area contributed by atoms with Crippen LogP contribution in [-0.2, 0) is 16.0 Å². The molecule has 1 aromatic rings. The van der Waals surface area contributed by atoms with Gasteiger partial charge >= 0.3 is 0 Å². The average molecular weight is 325 g/mol. The van der Waals surface area contributed by atoms with Gasteiger partial charge in [-0.05, 0) is 25.0 Å². The zero-order valence-electron chi connectivity index (χ0n) is 13.5. The molecule has 1 heterocycles. The third-order valence-electron chi connectivity index (χ3n) is 5.34. The molecule has 1 aliphatic heterocycles. The van der Waals surface area contributed by atoms with Gasteiger partial charge in [-0.3, -0.25) is 4.79 Å². The van der Waals surface area contributed by atoms with Gasteiger partial charge in [-0.15, -0.1) is 12.4 Å². The van der Waals surface area contributed by atoms with Gasteiger partial charge in [-0.2, -0.15) is 0 Å². The lowest BCUT2D eigenvalue weighted by molar-refractivity contribution is -0.168. The molecule has 0 aromatic heterocycles. The Morgan fingerprint density at radius 2 is 2.09 bits per heavy atom. The van der Waals surface area contributed by atoms with Crippen LogP contribution in [0.1, 0.15) is 32.8 Å². The van der Waals surface area contributed by atoms with E-state index in [-0.39, 0.29) is 29.8 Å². The lowest BCUT2D eigenvalue weighted by Gasteiger charge is -2.58. The number of nitrogens with zero attached hydrogens (tertiary/aromatic N) is 1. The van der Waals surface area contributed by atoms with Gasteiger partial charge < -0.3 is 15.4 Å². The van der Waals surface area contributed by atoms with Crippen LogP contribution < -0.4 is 10.6 Å². The van der Waals surface area contributed by atoms with E-state index in [0.29, 0.717) is 13.0 Å². The van der Waals surface area contributed by atoms with Gasteiger partial charge in [0.05, 0.1) is 6.10 Å². The Labute approximate surface area is 138 Å². The van der Waals surface area contributed by atoms with E-state index in [1.165, 1.54) is 5.56 Å². The molecule has 2 unspecified atom stereocenters. The molecule has 1 fully saturated rings. The van der Waals surface area contributed by atoms with Crippen LogP contribution in [0.5, 0.6) is 0 Å². The molecule has 1 aliphatic carbocycles. The number of benzene rings is 1. The number of amides is 1. The Hall–Kier alpha value is -1.10. The number of rotatable bonds is 3. The zero-order chi connectivity index (χ0) is 15.3. The molecule has 0 spiro atoms. The van der Waals surface area contributed by atoms with Crippen molar-refractivity contribution in [2.24, 2.45) is 11.1 Å². The summed E-state index contributed by atoms with van der Waals surface area (Å²) in [5, 5.41) is 0. The maximum atomic E-state index is 13.0. The highest BCUT2D eigenvalue weighted by Crippen LogP contribution is 2.51. The van der Waals surface area contributed by atoms with Gasteiger partial charge in [0, 0.05) is 30.7 Å². The van der Waals surface area contributed by atoms with Crippen LogP contribution in [0.15, 0.2) is 24.3 Å². The molecule has 2 atom stereocenters. The first-order chi connectivity index (χ1) is 9.91. The molecular weight excluding hydrogens is 300 g/mol. The van der Waals surface area contributed by atoms with E-state index < -0.39 is 5.54 Å². The quantitative estimate of drug-likeness (QED) is 0.929. The van der Waals surface area contributed by atoms with Crippen molar-refractivity contribution in [3.8, 4) is 0 Å². The van der Waals surface area contributed by atoms with Crippen molar-refractivity contribution in [1.29, 1.82) is 0 Å². The van der Waals surface area contributed by atoms with Gasteiger partial charge in [0.25, 0.3) is 0 Å². The standard InChI is InChI=1S/C17H24N2O2.ClH/c1-4-21-14-11-17(18,16(14,2)3)15(20)19-10-9-12-7-5-6-8-13(12)19;/h5-8,14H,4,9-11,18H2,1-3H3;1H. The normalized spacial score (nSPS) is 28.5. The van der Waals surface area contributed by atoms with Crippen LogP contribution >= 0.6 is 12.4 Å². The Balaban J connectivity index is 0.00000176. The minimum Gasteiger partial charge on any atom is -0.378 e. The number of nitrogens with two attached hydrogens (primary N) is 1. The molecule has 1 amide bonds. The molecule has 22 heavy (non-hydrogen) atoms. The summed E-state index contributed by atoms with van der Waals surface area (Å²) >= 11 is 0. The Kier molecular flexibility index (Phi) is 4.58. The third-order valence-corrected chi connectivity index (χ3v) is 5.34. The molecule has 2 aliphatic rings. The van der Waals surface area contributed by atoms with Crippen molar-refractivity contribution >= 4 is 24.0 Å². The first-order valence-corrected chi connectivity index (χ1v) is 7.72. The first kappa shape index (κ1) is 17.3.